The number of aliphatic hydroxyl groups is 1. The van der Waals surface area contributed by atoms with E-state index in [1.54, 1.807) is 13.8 Å². The van der Waals surface area contributed by atoms with E-state index in [2.05, 4.69) is 20.9 Å². The van der Waals surface area contributed by atoms with Crippen molar-refractivity contribution in [3.63, 3.8) is 0 Å². The highest BCUT2D eigenvalue weighted by Crippen LogP contribution is 2.28. The molecule has 3 aromatic rings. The number of amides is 2. The van der Waals surface area contributed by atoms with E-state index in [1.807, 2.05) is 0 Å². The summed E-state index contributed by atoms with van der Waals surface area (Å²) in [6.45, 7) is 2.93. The SMILES string of the molecule is CC(C)(O)C[C@@H](COC(=O)Nc1nc2cc(F)c(F)cc2s1)NC(=O)CNCc1ccc(F)cc1Cl. The minimum atomic E-state index is -1.17. The predicted octanol–water partition coefficient (Wildman–Crippen LogP) is 4.35. The molecule has 8 nitrogen and oxygen atoms in total. The van der Waals surface area contributed by atoms with E-state index in [-0.39, 0.29) is 41.8 Å². The van der Waals surface area contributed by atoms with E-state index in [4.69, 9.17) is 16.3 Å². The minimum absolute atomic E-state index is 0.0757. The van der Waals surface area contributed by atoms with Crippen molar-refractivity contribution in [1.82, 2.24) is 15.6 Å². The average Bonchev–Trinajstić information content (AvgIpc) is 3.13. The second-order valence-corrected chi connectivity index (χ2v) is 10.0. The Hall–Kier alpha value is -2.93. The number of benzene rings is 2. The molecule has 0 fully saturated rings. The summed E-state index contributed by atoms with van der Waals surface area (Å²) in [6, 6.07) is 5.11. The lowest BCUT2D eigenvalue weighted by atomic mass is 9.99. The number of thiazole rings is 1. The monoisotopic (exact) mass is 544 g/mol. The molecular weight excluding hydrogens is 521 g/mol. The van der Waals surface area contributed by atoms with Gasteiger partial charge in [0, 0.05) is 17.6 Å². The molecule has 0 unspecified atom stereocenters. The molecule has 2 amide bonds. The smallest absolute Gasteiger partial charge is 0.413 e. The summed E-state index contributed by atoms with van der Waals surface area (Å²) < 4.78 is 45.4. The fourth-order valence-corrected chi connectivity index (χ4v) is 4.38. The number of ether oxygens (including phenoxy) is 1. The van der Waals surface area contributed by atoms with Crippen molar-refractivity contribution in [3.8, 4) is 0 Å². The zero-order valence-electron chi connectivity index (χ0n) is 19.3. The average molecular weight is 545 g/mol. The molecule has 1 heterocycles. The summed E-state index contributed by atoms with van der Waals surface area (Å²) in [5.41, 5.74) is -0.386. The number of aromatic nitrogens is 1. The van der Waals surface area contributed by atoms with Crippen LogP contribution in [-0.2, 0) is 16.1 Å². The molecule has 0 saturated carbocycles. The van der Waals surface area contributed by atoms with Crippen LogP contribution in [0.25, 0.3) is 10.2 Å². The summed E-state index contributed by atoms with van der Waals surface area (Å²) >= 11 is 6.90. The number of rotatable bonds is 10. The molecular formula is C23H24ClF3N4O4S. The third kappa shape index (κ3) is 8.33. The van der Waals surface area contributed by atoms with Gasteiger partial charge in [0.05, 0.1) is 28.4 Å². The van der Waals surface area contributed by atoms with Crippen LogP contribution in [0.4, 0.5) is 23.1 Å². The van der Waals surface area contributed by atoms with Crippen molar-refractivity contribution in [2.45, 2.75) is 38.5 Å². The highest BCUT2D eigenvalue weighted by Gasteiger charge is 2.24. The third-order valence-corrected chi connectivity index (χ3v) is 6.07. The lowest BCUT2D eigenvalue weighted by Crippen LogP contribution is -2.46. The Balaban J connectivity index is 1.52. The maximum absolute atomic E-state index is 13.4. The first-order valence-corrected chi connectivity index (χ1v) is 11.9. The summed E-state index contributed by atoms with van der Waals surface area (Å²) in [6.07, 6.45) is -0.816. The molecule has 0 saturated heterocycles. The fraction of sp³-hybridized carbons (Fsp3) is 0.348. The van der Waals surface area contributed by atoms with Crippen LogP contribution in [0.1, 0.15) is 25.8 Å². The fourth-order valence-electron chi connectivity index (χ4n) is 3.29. The molecule has 0 bridgehead atoms. The first-order valence-electron chi connectivity index (χ1n) is 10.8. The van der Waals surface area contributed by atoms with Gasteiger partial charge in [-0.2, -0.15) is 0 Å². The Kier molecular flexibility index (Phi) is 9.12. The molecule has 1 atom stereocenters. The van der Waals surface area contributed by atoms with E-state index in [0.29, 0.717) is 10.3 Å². The van der Waals surface area contributed by atoms with Crippen molar-refractivity contribution in [2.75, 3.05) is 18.5 Å². The van der Waals surface area contributed by atoms with Gasteiger partial charge in [-0.25, -0.2) is 22.9 Å². The molecule has 1 aromatic heterocycles. The van der Waals surface area contributed by atoms with Gasteiger partial charge in [0.15, 0.2) is 16.8 Å². The van der Waals surface area contributed by atoms with Gasteiger partial charge < -0.3 is 20.5 Å². The van der Waals surface area contributed by atoms with Gasteiger partial charge in [-0.05, 0) is 44.0 Å². The van der Waals surface area contributed by atoms with E-state index < -0.39 is 41.1 Å². The standard InChI is InChI=1S/C23H24ClF3N4O4S/c1-23(2,34)8-14(29-20(32)10-28-9-12-3-4-13(25)5-15(12)24)11-35-22(33)31-21-30-18-6-16(26)17(27)7-19(18)36-21/h3-7,14,28,34H,8-11H2,1-2H3,(H,29,32)(H,30,31,33)/t14-/m0/s1. The number of anilines is 1. The van der Waals surface area contributed by atoms with Gasteiger partial charge in [-0.15, -0.1) is 0 Å². The molecule has 0 spiro atoms. The number of nitrogens with zero attached hydrogens (tertiary/aromatic N) is 1. The van der Waals surface area contributed by atoms with Crippen LogP contribution in [0.15, 0.2) is 30.3 Å². The zero-order chi connectivity index (χ0) is 26.5. The molecule has 36 heavy (non-hydrogen) atoms. The van der Waals surface area contributed by atoms with Crippen molar-refractivity contribution >= 4 is 50.3 Å². The summed E-state index contributed by atoms with van der Waals surface area (Å²) in [5, 5.41) is 18.4. The Morgan fingerprint density at radius 3 is 2.61 bits per heavy atom. The van der Waals surface area contributed by atoms with Crippen LogP contribution in [-0.4, -0.2) is 46.9 Å². The van der Waals surface area contributed by atoms with Gasteiger partial charge in [0.25, 0.3) is 0 Å². The number of carbonyl (C=O) groups excluding carboxylic acids is 2. The molecule has 4 N–H and O–H groups in total. The molecule has 3 rings (SSSR count). The van der Waals surface area contributed by atoms with Crippen molar-refractivity contribution in [1.29, 1.82) is 0 Å². The molecule has 13 heteroatoms. The van der Waals surface area contributed by atoms with E-state index in [1.165, 1.54) is 18.2 Å². The Morgan fingerprint density at radius 1 is 1.19 bits per heavy atom. The maximum atomic E-state index is 13.4. The topological polar surface area (TPSA) is 113 Å². The maximum Gasteiger partial charge on any atom is 0.413 e. The molecule has 0 radical (unpaired) electrons. The van der Waals surface area contributed by atoms with Crippen molar-refractivity contribution in [2.24, 2.45) is 0 Å². The van der Waals surface area contributed by atoms with E-state index in [9.17, 15) is 27.9 Å². The highest BCUT2D eigenvalue weighted by molar-refractivity contribution is 7.22. The van der Waals surface area contributed by atoms with Crippen LogP contribution in [0, 0.1) is 17.5 Å². The first kappa shape index (κ1) is 27.7. The number of halogens is 4. The number of carbonyl (C=O) groups is 2. The summed E-state index contributed by atoms with van der Waals surface area (Å²) in [5.74, 6) is -2.98. The van der Waals surface area contributed by atoms with E-state index in [0.717, 1.165) is 23.5 Å². The van der Waals surface area contributed by atoms with Crippen LogP contribution in [0.3, 0.4) is 0 Å². The largest absolute Gasteiger partial charge is 0.447 e. The first-order chi connectivity index (χ1) is 16.9. The molecule has 194 valence electrons. The van der Waals surface area contributed by atoms with Gasteiger partial charge >= 0.3 is 6.09 Å². The van der Waals surface area contributed by atoms with E-state index >= 15 is 0 Å². The van der Waals surface area contributed by atoms with Crippen LogP contribution in [0.2, 0.25) is 5.02 Å². The van der Waals surface area contributed by atoms with Crippen molar-refractivity contribution in [3.05, 3.63) is 58.4 Å². The van der Waals surface area contributed by atoms with Crippen LogP contribution in [0.5, 0.6) is 0 Å². The third-order valence-electron chi connectivity index (χ3n) is 4.78. The summed E-state index contributed by atoms with van der Waals surface area (Å²) in [4.78, 5) is 28.6. The predicted molar refractivity (Wildman–Crippen MR) is 130 cm³/mol. The van der Waals surface area contributed by atoms with Gasteiger partial charge in [0.1, 0.15) is 12.4 Å². The summed E-state index contributed by atoms with van der Waals surface area (Å²) in [7, 11) is 0. The van der Waals surface area contributed by atoms with Gasteiger partial charge in [-0.3, -0.25) is 10.1 Å². The van der Waals surface area contributed by atoms with Crippen molar-refractivity contribution < 1.29 is 32.6 Å². The van der Waals surface area contributed by atoms with Gasteiger partial charge in [0.2, 0.25) is 5.91 Å². The quantitative estimate of drug-likeness (QED) is 0.302. The molecule has 0 aliphatic rings. The molecule has 2 aromatic carbocycles. The minimum Gasteiger partial charge on any atom is -0.447 e. The number of hydrogen-bond donors (Lipinski definition) is 4. The number of fused-ring (bicyclic) bond motifs is 1. The van der Waals surface area contributed by atoms with Crippen LogP contribution < -0.4 is 16.0 Å². The lowest BCUT2D eigenvalue weighted by Gasteiger charge is -2.25. The Labute approximate surface area is 213 Å². The number of nitrogens with one attached hydrogen (secondary N) is 3. The lowest BCUT2D eigenvalue weighted by molar-refractivity contribution is -0.121. The second kappa shape index (κ2) is 11.9. The number of hydrogen-bond acceptors (Lipinski definition) is 7. The zero-order valence-corrected chi connectivity index (χ0v) is 20.9. The Morgan fingerprint density at radius 2 is 1.92 bits per heavy atom. The highest BCUT2D eigenvalue weighted by atomic mass is 35.5. The normalized spacial score (nSPS) is 12.4. The van der Waals surface area contributed by atoms with Crippen LogP contribution >= 0.6 is 22.9 Å². The second-order valence-electron chi connectivity index (χ2n) is 8.60. The molecule has 0 aliphatic heterocycles. The van der Waals surface area contributed by atoms with Gasteiger partial charge in [-0.1, -0.05) is 29.0 Å². The Bertz CT molecular complexity index is 1210. The molecule has 0 aliphatic carbocycles.